The number of likely N-dealkylation sites (N-methyl/N-ethyl adjacent to an activating group) is 1. The zero-order valence-corrected chi connectivity index (χ0v) is 26.4. The lowest BCUT2D eigenvalue weighted by molar-refractivity contribution is -0.108. The molecule has 0 radical (unpaired) electrons. The van der Waals surface area contributed by atoms with Gasteiger partial charge in [-0.15, -0.1) is 10.8 Å². The van der Waals surface area contributed by atoms with E-state index in [9.17, 15) is 31.8 Å². The molecule has 1 saturated carbocycles. The van der Waals surface area contributed by atoms with Gasteiger partial charge in [0.15, 0.2) is 0 Å². The van der Waals surface area contributed by atoms with Crippen LogP contribution in [-0.2, 0) is 0 Å². The van der Waals surface area contributed by atoms with Gasteiger partial charge in [0, 0.05) is 26.4 Å². The molecule has 0 unspecified atom stereocenters. The van der Waals surface area contributed by atoms with Gasteiger partial charge in [-0.3, -0.25) is 14.1 Å². The minimum Gasteiger partial charge on any atom is -0.392 e. The second-order valence-electron chi connectivity index (χ2n) is 10.8. The SMILES string of the molecule is C=C(F)/C=C\C(=C)N(C)/N=C\CC[C@@]1(C)/C(=C\C)CC[C@@H]1CN(CC/C(CC)=C(/C=C\C)CO)S(O)(O)CC(F)(F)F. The number of hydrazone groups is 1. The van der Waals surface area contributed by atoms with Crippen LogP contribution in [0.1, 0.15) is 66.2 Å². The summed E-state index contributed by atoms with van der Waals surface area (Å²) in [4.78, 5) is 0. The Hall–Kier alpha value is -2.18. The zero-order chi connectivity index (χ0) is 32.1. The fraction of sp³-hybridized carbons (Fsp3) is 0.581. The number of hydrogen-bond acceptors (Lipinski definition) is 6. The fourth-order valence-electron chi connectivity index (χ4n) is 5.46. The molecule has 42 heavy (non-hydrogen) atoms. The molecular weight excluding hydrogens is 570 g/mol. The maximum Gasteiger partial charge on any atom is 0.407 e. The lowest BCUT2D eigenvalue weighted by atomic mass is 9.73. The molecule has 0 amide bonds. The van der Waals surface area contributed by atoms with E-state index in [2.05, 4.69) is 25.2 Å². The third-order valence-electron chi connectivity index (χ3n) is 7.94. The Balaban J connectivity index is 3.22. The predicted molar refractivity (Wildman–Crippen MR) is 168 cm³/mol. The van der Waals surface area contributed by atoms with Crippen molar-refractivity contribution in [1.82, 2.24) is 9.31 Å². The highest BCUT2D eigenvalue weighted by Gasteiger charge is 2.45. The summed E-state index contributed by atoms with van der Waals surface area (Å²) in [7, 11) is -2.46. The third kappa shape index (κ3) is 11.8. The monoisotopic (exact) mass is 619 g/mol. The standard InChI is InChI=1S/C31H49F4N3O3S/c1-8-12-27(22-39)26(9-2)17-20-38(42(40,41)23-31(33,34)35)21-29-16-15-28(10-3)30(29,6)18-11-19-36-37(7)25(5)14-13-24(4)32/h8,10,12-14,19,29,39-41H,4-5,9,11,15-18,20-23H2,1-3,6-7H3/b12-8-,14-13-,27-26-,28-10-,36-19-/t29-,30+/m1/s1. The molecule has 0 aromatic rings. The lowest BCUT2D eigenvalue weighted by Crippen LogP contribution is -2.41. The Kier molecular flexibility index (Phi) is 15.5. The molecular formula is C31H49F4N3O3S. The molecule has 0 aliphatic heterocycles. The van der Waals surface area contributed by atoms with E-state index in [1.165, 1.54) is 27.0 Å². The molecule has 0 bridgehead atoms. The van der Waals surface area contributed by atoms with Crippen LogP contribution in [0.2, 0.25) is 0 Å². The normalized spacial score (nSPS) is 22.2. The summed E-state index contributed by atoms with van der Waals surface area (Å²) in [6, 6.07) is 0. The van der Waals surface area contributed by atoms with Crippen LogP contribution in [0.15, 0.2) is 76.9 Å². The average Bonchev–Trinajstić information content (AvgIpc) is 3.21. The number of aliphatic hydroxyl groups excluding tert-OH is 1. The number of hydrogen-bond donors (Lipinski definition) is 3. The van der Waals surface area contributed by atoms with Crippen molar-refractivity contribution in [3.05, 3.63) is 71.8 Å². The highest BCUT2D eigenvalue weighted by Crippen LogP contribution is 2.54. The molecule has 1 aliphatic carbocycles. The third-order valence-corrected chi connectivity index (χ3v) is 9.82. The van der Waals surface area contributed by atoms with Crippen molar-refractivity contribution in [2.24, 2.45) is 16.4 Å². The number of allylic oxidation sites excluding steroid dienone is 6. The predicted octanol–water partition coefficient (Wildman–Crippen LogP) is 8.79. The average molecular weight is 620 g/mol. The van der Waals surface area contributed by atoms with Crippen LogP contribution in [0.4, 0.5) is 17.6 Å². The first-order valence-corrected chi connectivity index (χ1v) is 15.9. The van der Waals surface area contributed by atoms with Gasteiger partial charge in [-0.1, -0.05) is 56.4 Å². The Morgan fingerprint density at radius 1 is 1.19 bits per heavy atom. The van der Waals surface area contributed by atoms with Crippen molar-refractivity contribution in [1.29, 1.82) is 0 Å². The summed E-state index contributed by atoms with van der Waals surface area (Å²) < 4.78 is 76.0. The van der Waals surface area contributed by atoms with Gasteiger partial charge < -0.3 is 5.11 Å². The first-order valence-electron chi connectivity index (χ1n) is 14.2. The molecule has 1 aliphatic rings. The van der Waals surface area contributed by atoms with E-state index >= 15 is 0 Å². The van der Waals surface area contributed by atoms with Gasteiger partial charge in [-0.2, -0.15) is 18.3 Å². The Labute approximate surface area is 251 Å². The molecule has 240 valence electrons. The van der Waals surface area contributed by atoms with Gasteiger partial charge in [0.1, 0.15) is 11.6 Å². The van der Waals surface area contributed by atoms with E-state index in [1.807, 2.05) is 26.8 Å². The topological polar surface area (TPSA) is 79.5 Å². The maximum atomic E-state index is 13.4. The van der Waals surface area contributed by atoms with Gasteiger partial charge in [0.05, 0.1) is 12.3 Å². The van der Waals surface area contributed by atoms with E-state index < -0.39 is 33.9 Å². The van der Waals surface area contributed by atoms with Crippen molar-refractivity contribution in [3.8, 4) is 0 Å². The summed E-state index contributed by atoms with van der Waals surface area (Å²) in [5.41, 5.74) is 2.80. The van der Waals surface area contributed by atoms with Crippen LogP contribution in [0.5, 0.6) is 0 Å². The summed E-state index contributed by atoms with van der Waals surface area (Å²) in [5.74, 6) is -2.41. The summed E-state index contributed by atoms with van der Waals surface area (Å²) in [6.07, 6.45) is 8.80. The number of aliphatic hydroxyl groups is 1. The Morgan fingerprint density at radius 3 is 2.38 bits per heavy atom. The van der Waals surface area contributed by atoms with Crippen LogP contribution in [0.25, 0.3) is 0 Å². The van der Waals surface area contributed by atoms with Gasteiger partial charge in [0.2, 0.25) is 0 Å². The zero-order valence-electron chi connectivity index (χ0n) is 25.6. The van der Waals surface area contributed by atoms with Crippen molar-refractivity contribution >= 4 is 17.0 Å². The molecule has 6 nitrogen and oxygen atoms in total. The van der Waals surface area contributed by atoms with Gasteiger partial charge in [0.25, 0.3) is 0 Å². The molecule has 0 aromatic carbocycles. The van der Waals surface area contributed by atoms with Gasteiger partial charge >= 0.3 is 6.18 Å². The smallest absolute Gasteiger partial charge is 0.392 e. The van der Waals surface area contributed by atoms with E-state index in [0.717, 1.165) is 12.0 Å². The largest absolute Gasteiger partial charge is 0.407 e. The second-order valence-corrected chi connectivity index (χ2v) is 12.8. The minimum atomic E-state index is -4.74. The van der Waals surface area contributed by atoms with Crippen molar-refractivity contribution < 1.29 is 31.8 Å². The molecule has 1 rings (SSSR count). The first kappa shape index (κ1) is 37.8. The Morgan fingerprint density at radius 2 is 1.86 bits per heavy atom. The highest BCUT2D eigenvalue weighted by molar-refractivity contribution is 8.22. The molecule has 0 spiro atoms. The van der Waals surface area contributed by atoms with Crippen molar-refractivity contribution in [2.75, 3.05) is 32.5 Å². The molecule has 3 N–H and O–H groups in total. The van der Waals surface area contributed by atoms with Crippen LogP contribution in [-0.4, -0.2) is 68.4 Å². The number of alkyl halides is 3. The van der Waals surface area contributed by atoms with Crippen LogP contribution >= 0.6 is 10.8 Å². The van der Waals surface area contributed by atoms with Gasteiger partial charge in [-0.05, 0) is 81.4 Å². The summed E-state index contributed by atoms with van der Waals surface area (Å²) >= 11 is 0. The van der Waals surface area contributed by atoms with E-state index in [0.29, 0.717) is 43.4 Å². The number of nitrogens with zero attached hydrogens (tertiary/aromatic N) is 3. The first-order chi connectivity index (χ1) is 19.5. The quantitative estimate of drug-likeness (QED) is 0.0499. The molecule has 0 aromatic heterocycles. The van der Waals surface area contributed by atoms with E-state index in [4.69, 9.17) is 0 Å². The molecule has 0 heterocycles. The van der Waals surface area contributed by atoms with E-state index in [1.54, 1.807) is 25.4 Å². The lowest BCUT2D eigenvalue weighted by Gasteiger charge is -2.46. The number of halogens is 4. The van der Waals surface area contributed by atoms with Crippen molar-refractivity contribution in [2.45, 2.75) is 72.4 Å². The van der Waals surface area contributed by atoms with Crippen LogP contribution < -0.4 is 0 Å². The Bertz CT molecular complexity index is 1070. The molecule has 2 atom stereocenters. The van der Waals surface area contributed by atoms with E-state index in [-0.39, 0.29) is 25.6 Å². The maximum absolute atomic E-state index is 13.4. The number of rotatable bonds is 17. The van der Waals surface area contributed by atoms with Crippen LogP contribution in [0.3, 0.4) is 0 Å². The highest BCUT2D eigenvalue weighted by atomic mass is 32.3. The van der Waals surface area contributed by atoms with Gasteiger partial charge in [-0.25, -0.2) is 8.70 Å². The van der Waals surface area contributed by atoms with Crippen molar-refractivity contribution in [3.63, 3.8) is 0 Å². The minimum absolute atomic E-state index is 0.0214. The summed E-state index contributed by atoms with van der Waals surface area (Å²) in [6.45, 7) is 14.6. The second kappa shape index (κ2) is 17.2. The fourth-order valence-corrected chi connectivity index (χ4v) is 6.89. The molecule has 0 saturated heterocycles. The summed E-state index contributed by atoms with van der Waals surface area (Å²) in [5, 5.41) is 15.7. The van der Waals surface area contributed by atoms with Crippen LogP contribution in [0, 0.1) is 11.3 Å². The molecule has 1 fully saturated rings. The molecule has 11 heteroatoms.